The van der Waals surface area contributed by atoms with Crippen LogP contribution in [0.1, 0.15) is 0 Å². The Kier molecular flexibility index (Phi) is 5.00. The van der Waals surface area contributed by atoms with Gasteiger partial charge in [0.15, 0.2) is 5.11 Å². The van der Waals surface area contributed by atoms with E-state index < -0.39 is 5.91 Å². The summed E-state index contributed by atoms with van der Waals surface area (Å²) in [4.78, 5) is 28.5. The van der Waals surface area contributed by atoms with Crippen LogP contribution in [0.5, 0.6) is 0 Å². The summed E-state index contributed by atoms with van der Waals surface area (Å²) in [5, 5.41) is 3.63. The van der Waals surface area contributed by atoms with E-state index in [1.165, 1.54) is 10.9 Å². The van der Waals surface area contributed by atoms with Crippen molar-refractivity contribution in [3.63, 3.8) is 0 Å². The molecule has 3 N–H and O–H groups in total. The van der Waals surface area contributed by atoms with Crippen molar-refractivity contribution in [2.24, 2.45) is 0 Å². The van der Waals surface area contributed by atoms with Crippen molar-refractivity contribution in [3.05, 3.63) is 71.3 Å². The number of aromatic nitrogens is 2. The molecule has 0 bridgehead atoms. The van der Waals surface area contributed by atoms with Crippen LogP contribution in [0, 0.1) is 0 Å². The topological polar surface area (TPSA) is 88.0 Å². The number of amides is 1. The third-order valence-electron chi connectivity index (χ3n) is 3.39. The molecule has 1 aromatic heterocycles. The average molecular weight is 353 g/mol. The number of fused-ring (bicyclic) bond motifs is 1. The van der Waals surface area contributed by atoms with Crippen molar-refractivity contribution in [1.29, 1.82) is 0 Å². The summed E-state index contributed by atoms with van der Waals surface area (Å²) in [5.74, 6) is -0.420. The first-order chi connectivity index (χ1) is 12.1. The van der Waals surface area contributed by atoms with E-state index in [9.17, 15) is 9.59 Å². The maximum absolute atomic E-state index is 12.3. The largest absolute Gasteiger partial charge is 0.331 e. The molecule has 3 rings (SSSR count). The summed E-state index contributed by atoms with van der Waals surface area (Å²) in [7, 11) is 0. The number of hydrogen-bond donors (Lipinski definition) is 3. The van der Waals surface area contributed by atoms with E-state index >= 15 is 0 Å². The third kappa shape index (κ3) is 4.18. The second-order valence-corrected chi connectivity index (χ2v) is 5.60. The summed E-state index contributed by atoms with van der Waals surface area (Å²) >= 11 is 5.09. The Labute approximate surface area is 148 Å². The fraction of sp³-hybridized carbons (Fsp3) is 0.0588. The van der Waals surface area contributed by atoms with Crippen molar-refractivity contribution < 1.29 is 4.79 Å². The molecule has 1 amide bonds. The van der Waals surface area contributed by atoms with Crippen molar-refractivity contribution in [2.75, 3.05) is 5.32 Å². The summed E-state index contributed by atoms with van der Waals surface area (Å²) in [6.07, 6.45) is 1.35. The quantitative estimate of drug-likeness (QED) is 0.487. The second-order valence-electron chi connectivity index (χ2n) is 5.19. The van der Waals surface area contributed by atoms with Gasteiger partial charge in [-0.2, -0.15) is 0 Å². The number of hydrazine groups is 1. The van der Waals surface area contributed by atoms with Crippen molar-refractivity contribution in [3.8, 4) is 0 Å². The maximum atomic E-state index is 12.3. The third-order valence-corrected chi connectivity index (χ3v) is 3.60. The van der Waals surface area contributed by atoms with Gasteiger partial charge in [-0.05, 0) is 36.5 Å². The first kappa shape index (κ1) is 16.6. The van der Waals surface area contributed by atoms with Crippen LogP contribution in [0.15, 0.2) is 65.7 Å². The van der Waals surface area contributed by atoms with Crippen molar-refractivity contribution in [1.82, 2.24) is 20.4 Å². The number of carbonyl (C=O) groups excluding carboxylic acids is 1. The summed E-state index contributed by atoms with van der Waals surface area (Å²) in [6, 6.07) is 16.3. The van der Waals surface area contributed by atoms with Crippen molar-refractivity contribution >= 4 is 39.8 Å². The van der Waals surface area contributed by atoms with Crippen LogP contribution in [-0.2, 0) is 11.3 Å². The highest BCUT2D eigenvalue weighted by atomic mass is 32.1. The molecular formula is C17H15N5O2S. The molecule has 0 aliphatic heterocycles. The van der Waals surface area contributed by atoms with Crippen LogP contribution in [0.3, 0.4) is 0 Å². The maximum Gasteiger partial charge on any atom is 0.261 e. The lowest BCUT2D eigenvalue weighted by atomic mass is 10.2. The molecule has 0 unspecified atom stereocenters. The van der Waals surface area contributed by atoms with Gasteiger partial charge in [0.05, 0.1) is 17.2 Å². The zero-order chi connectivity index (χ0) is 17.6. The fourth-order valence-corrected chi connectivity index (χ4v) is 2.39. The molecule has 8 heteroatoms. The first-order valence-electron chi connectivity index (χ1n) is 7.48. The number of thiocarbonyl (C=S) groups is 1. The highest BCUT2D eigenvalue weighted by Crippen LogP contribution is 2.05. The number of hydrogen-bond acceptors (Lipinski definition) is 4. The van der Waals surface area contributed by atoms with Crippen LogP contribution >= 0.6 is 12.2 Å². The standard InChI is InChI=1S/C17H15N5O2S/c23-15(20-21-17(25)19-12-6-2-1-3-7-12)10-22-11-18-14-9-5-4-8-13(14)16(22)24/h1-9,11H,10H2,(H,20,23)(H2,19,21,25). The SMILES string of the molecule is O=C(Cn1cnc2ccccc2c1=O)NNC(=S)Nc1ccccc1. The summed E-state index contributed by atoms with van der Waals surface area (Å²) in [6.45, 7) is -0.169. The second kappa shape index (κ2) is 7.54. The minimum atomic E-state index is -0.420. The van der Waals surface area contributed by atoms with E-state index in [1.807, 2.05) is 30.3 Å². The van der Waals surface area contributed by atoms with Crippen LogP contribution in [-0.4, -0.2) is 20.6 Å². The minimum absolute atomic E-state index is 0.169. The number of anilines is 1. The molecule has 1 heterocycles. The lowest BCUT2D eigenvalue weighted by Crippen LogP contribution is -2.45. The normalized spacial score (nSPS) is 10.2. The predicted octanol–water partition coefficient (Wildman–Crippen LogP) is 1.41. The minimum Gasteiger partial charge on any atom is -0.331 e. The zero-order valence-corrected chi connectivity index (χ0v) is 13.9. The molecule has 3 aromatic rings. The van der Waals surface area contributed by atoms with Crippen LogP contribution in [0.25, 0.3) is 10.9 Å². The Balaban J connectivity index is 1.59. The highest BCUT2D eigenvalue weighted by Gasteiger charge is 2.08. The molecule has 2 aromatic carbocycles. The molecule has 0 aliphatic carbocycles. The van der Waals surface area contributed by atoms with E-state index in [1.54, 1.807) is 24.3 Å². The van der Waals surface area contributed by atoms with Gasteiger partial charge in [-0.15, -0.1) is 0 Å². The van der Waals surface area contributed by atoms with Gasteiger partial charge in [0.25, 0.3) is 11.5 Å². The molecule has 0 fully saturated rings. The molecule has 7 nitrogen and oxygen atoms in total. The zero-order valence-electron chi connectivity index (χ0n) is 13.1. The summed E-state index contributed by atoms with van der Waals surface area (Å²) < 4.78 is 1.24. The number of para-hydroxylation sites is 2. The Morgan fingerprint density at radius 1 is 1.04 bits per heavy atom. The van der Waals surface area contributed by atoms with E-state index in [2.05, 4.69) is 21.2 Å². The first-order valence-corrected chi connectivity index (χ1v) is 7.89. The Hall–Kier alpha value is -3.26. The summed E-state index contributed by atoms with van der Waals surface area (Å²) in [5.41, 5.74) is 6.16. The molecular weight excluding hydrogens is 338 g/mol. The molecule has 0 saturated carbocycles. The van der Waals surface area contributed by atoms with Crippen LogP contribution < -0.4 is 21.7 Å². The predicted molar refractivity (Wildman–Crippen MR) is 99.9 cm³/mol. The Morgan fingerprint density at radius 3 is 2.56 bits per heavy atom. The van der Waals surface area contributed by atoms with Gasteiger partial charge in [-0.1, -0.05) is 30.3 Å². The molecule has 0 spiro atoms. The van der Waals surface area contributed by atoms with Gasteiger partial charge in [0, 0.05) is 5.69 Å². The monoisotopic (exact) mass is 353 g/mol. The van der Waals surface area contributed by atoms with Gasteiger partial charge >= 0.3 is 0 Å². The van der Waals surface area contributed by atoms with E-state index in [-0.39, 0.29) is 17.2 Å². The highest BCUT2D eigenvalue weighted by molar-refractivity contribution is 7.80. The number of nitrogens with one attached hydrogen (secondary N) is 3. The average Bonchev–Trinajstić information content (AvgIpc) is 2.63. The molecule has 0 aliphatic rings. The van der Waals surface area contributed by atoms with E-state index in [0.29, 0.717) is 10.9 Å². The lowest BCUT2D eigenvalue weighted by Gasteiger charge is -2.12. The smallest absolute Gasteiger partial charge is 0.261 e. The van der Waals surface area contributed by atoms with E-state index in [0.717, 1.165) is 5.69 Å². The number of rotatable bonds is 3. The number of nitrogens with zero attached hydrogens (tertiary/aromatic N) is 2. The van der Waals surface area contributed by atoms with Gasteiger partial charge in [-0.25, -0.2) is 4.98 Å². The Morgan fingerprint density at radius 2 is 1.76 bits per heavy atom. The van der Waals surface area contributed by atoms with Crippen LogP contribution in [0.2, 0.25) is 0 Å². The molecule has 126 valence electrons. The molecule has 0 radical (unpaired) electrons. The van der Waals surface area contributed by atoms with Gasteiger partial charge in [-0.3, -0.25) is 25.0 Å². The van der Waals surface area contributed by atoms with Gasteiger partial charge in [0.1, 0.15) is 6.54 Å². The van der Waals surface area contributed by atoms with Crippen molar-refractivity contribution in [2.45, 2.75) is 6.54 Å². The Bertz CT molecular complexity index is 971. The lowest BCUT2D eigenvalue weighted by molar-refractivity contribution is -0.122. The van der Waals surface area contributed by atoms with Gasteiger partial charge in [0.2, 0.25) is 0 Å². The molecule has 0 saturated heterocycles. The van der Waals surface area contributed by atoms with E-state index in [4.69, 9.17) is 12.2 Å². The number of carbonyl (C=O) groups is 1. The molecule has 0 atom stereocenters. The number of benzene rings is 2. The van der Waals surface area contributed by atoms with Crippen LogP contribution in [0.4, 0.5) is 5.69 Å². The fourth-order valence-electron chi connectivity index (χ4n) is 2.22. The molecule has 25 heavy (non-hydrogen) atoms. The van der Waals surface area contributed by atoms with Gasteiger partial charge < -0.3 is 5.32 Å².